The molecule has 6 heteroatoms. The van der Waals surface area contributed by atoms with Gasteiger partial charge in [0.1, 0.15) is 0 Å². The van der Waals surface area contributed by atoms with Gasteiger partial charge in [0.05, 0.1) is 0 Å². The van der Waals surface area contributed by atoms with Crippen molar-refractivity contribution in [2.75, 3.05) is 32.7 Å². The van der Waals surface area contributed by atoms with Gasteiger partial charge in [-0.1, -0.05) is 19.8 Å². The van der Waals surface area contributed by atoms with Crippen LogP contribution in [-0.4, -0.2) is 45.4 Å². The summed E-state index contributed by atoms with van der Waals surface area (Å²) in [5, 5.41) is 3.35. The first kappa shape index (κ1) is 16.2. The summed E-state index contributed by atoms with van der Waals surface area (Å²) in [6.45, 7) is 6.06. The Morgan fingerprint density at radius 2 is 1.60 bits per heavy atom. The van der Waals surface area contributed by atoms with Crippen LogP contribution < -0.4 is 10.0 Å². The lowest BCUT2D eigenvalue weighted by atomic mass is 9.98. The van der Waals surface area contributed by atoms with Crippen LogP contribution in [0.4, 0.5) is 0 Å². The largest absolute Gasteiger partial charge is 0.317 e. The van der Waals surface area contributed by atoms with Crippen LogP contribution in [0.3, 0.4) is 0 Å². The minimum atomic E-state index is -3.25. The summed E-state index contributed by atoms with van der Waals surface area (Å²) >= 11 is 0. The summed E-state index contributed by atoms with van der Waals surface area (Å²) < 4.78 is 29.0. The summed E-state index contributed by atoms with van der Waals surface area (Å²) in [6, 6.07) is 0. The third-order valence-corrected chi connectivity index (χ3v) is 6.20. The number of nitrogens with zero attached hydrogens (tertiary/aromatic N) is 1. The molecule has 20 heavy (non-hydrogen) atoms. The molecule has 1 saturated heterocycles. The van der Waals surface area contributed by atoms with Crippen molar-refractivity contribution in [1.29, 1.82) is 0 Å². The fourth-order valence-corrected chi connectivity index (χ4v) is 4.55. The van der Waals surface area contributed by atoms with Gasteiger partial charge in [-0.25, -0.2) is 4.72 Å². The molecule has 5 nitrogen and oxygen atoms in total. The molecule has 0 atom stereocenters. The molecule has 1 aliphatic heterocycles. The quantitative estimate of drug-likeness (QED) is 0.746. The molecule has 0 spiro atoms. The van der Waals surface area contributed by atoms with Gasteiger partial charge in [-0.2, -0.15) is 12.7 Å². The van der Waals surface area contributed by atoms with Gasteiger partial charge in [0.2, 0.25) is 0 Å². The van der Waals surface area contributed by atoms with Crippen molar-refractivity contribution >= 4 is 10.2 Å². The van der Waals surface area contributed by atoms with Crippen molar-refractivity contribution in [3.8, 4) is 0 Å². The third kappa shape index (κ3) is 4.69. The van der Waals surface area contributed by atoms with Crippen LogP contribution >= 0.6 is 0 Å². The highest BCUT2D eigenvalue weighted by Crippen LogP contribution is 2.24. The number of hydrogen-bond acceptors (Lipinski definition) is 3. The zero-order valence-electron chi connectivity index (χ0n) is 12.6. The molecule has 0 unspecified atom stereocenters. The molecule has 2 rings (SSSR count). The average molecular weight is 303 g/mol. The first-order valence-electron chi connectivity index (χ1n) is 8.07. The second-order valence-corrected chi connectivity index (χ2v) is 7.91. The maximum Gasteiger partial charge on any atom is 0.279 e. The van der Waals surface area contributed by atoms with Gasteiger partial charge in [-0.3, -0.25) is 0 Å². The Morgan fingerprint density at radius 1 is 1.00 bits per heavy atom. The minimum absolute atomic E-state index is 0.552. The van der Waals surface area contributed by atoms with Crippen molar-refractivity contribution < 1.29 is 8.42 Å². The number of piperidine rings is 1. The molecular formula is C14H29N3O2S. The Labute approximate surface area is 123 Å². The van der Waals surface area contributed by atoms with Crippen LogP contribution in [0, 0.1) is 11.8 Å². The second kappa shape index (κ2) is 7.73. The summed E-state index contributed by atoms with van der Waals surface area (Å²) in [5.41, 5.74) is 0. The van der Waals surface area contributed by atoms with Gasteiger partial charge in [-0.15, -0.1) is 0 Å². The van der Waals surface area contributed by atoms with Gasteiger partial charge in [0.15, 0.2) is 0 Å². The summed E-state index contributed by atoms with van der Waals surface area (Å²) in [7, 11) is -3.25. The second-order valence-electron chi connectivity index (χ2n) is 6.15. The van der Waals surface area contributed by atoms with E-state index in [1.165, 1.54) is 25.7 Å². The van der Waals surface area contributed by atoms with Gasteiger partial charge >= 0.3 is 0 Å². The predicted octanol–water partition coefficient (Wildman–Crippen LogP) is 1.33. The van der Waals surface area contributed by atoms with E-state index in [9.17, 15) is 8.42 Å². The monoisotopic (exact) mass is 303 g/mol. The minimum Gasteiger partial charge on any atom is -0.317 e. The molecule has 0 radical (unpaired) electrons. The Kier molecular flexibility index (Phi) is 6.26. The van der Waals surface area contributed by atoms with Crippen molar-refractivity contribution in [1.82, 2.24) is 14.3 Å². The van der Waals surface area contributed by atoms with Gasteiger partial charge in [-0.05, 0) is 50.6 Å². The van der Waals surface area contributed by atoms with E-state index in [1.807, 2.05) is 0 Å². The maximum absolute atomic E-state index is 12.3. The number of hydrogen-bond donors (Lipinski definition) is 2. The Morgan fingerprint density at radius 3 is 2.20 bits per heavy atom. The SMILES string of the molecule is CCNCC1CCN(S(=O)(=O)NCC2CCCC2)CC1. The predicted molar refractivity (Wildman–Crippen MR) is 81.7 cm³/mol. The molecule has 0 amide bonds. The average Bonchev–Trinajstić information content (AvgIpc) is 2.97. The fourth-order valence-electron chi connectivity index (χ4n) is 3.23. The number of nitrogens with one attached hydrogen (secondary N) is 2. The van der Waals surface area contributed by atoms with E-state index >= 15 is 0 Å². The lowest BCUT2D eigenvalue weighted by Gasteiger charge is -2.31. The zero-order chi connectivity index (χ0) is 14.4. The van der Waals surface area contributed by atoms with Crippen LogP contribution in [0.1, 0.15) is 45.4 Å². The van der Waals surface area contributed by atoms with Crippen molar-refractivity contribution in [3.63, 3.8) is 0 Å². The van der Waals surface area contributed by atoms with Gasteiger partial charge < -0.3 is 5.32 Å². The highest BCUT2D eigenvalue weighted by Gasteiger charge is 2.28. The van der Waals surface area contributed by atoms with Crippen LogP contribution in [0.5, 0.6) is 0 Å². The molecule has 1 aliphatic carbocycles. The van der Waals surface area contributed by atoms with Crippen LogP contribution in [0.15, 0.2) is 0 Å². The van der Waals surface area contributed by atoms with Crippen LogP contribution in [-0.2, 0) is 10.2 Å². The van der Waals surface area contributed by atoms with E-state index in [-0.39, 0.29) is 0 Å². The topological polar surface area (TPSA) is 61.4 Å². The molecule has 0 aromatic carbocycles. The summed E-state index contributed by atoms with van der Waals surface area (Å²) in [6.07, 6.45) is 6.79. The Balaban J connectivity index is 1.73. The standard InChI is InChI=1S/C14H29N3O2S/c1-2-15-11-14-7-9-17(10-8-14)20(18,19)16-12-13-5-3-4-6-13/h13-16H,2-12H2,1H3. The van der Waals surface area contributed by atoms with Crippen LogP contribution in [0.25, 0.3) is 0 Å². The van der Waals surface area contributed by atoms with E-state index < -0.39 is 10.2 Å². The van der Waals surface area contributed by atoms with Crippen molar-refractivity contribution in [2.24, 2.45) is 11.8 Å². The highest BCUT2D eigenvalue weighted by atomic mass is 32.2. The van der Waals surface area contributed by atoms with Gasteiger partial charge in [0.25, 0.3) is 10.2 Å². The Hall–Kier alpha value is -0.170. The van der Waals surface area contributed by atoms with Crippen LogP contribution in [0.2, 0.25) is 0 Å². The molecule has 2 aliphatic rings. The molecule has 0 bridgehead atoms. The molecule has 0 aromatic rings. The fraction of sp³-hybridized carbons (Fsp3) is 1.00. The van der Waals surface area contributed by atoms with Crippen molar-refractivity contribution in [2.45, 2.75) is 45.4 Å². The van der Waals surface area contributed by atoms with Gasteiger partial charge in [0, 0.05) is 19.6 Å². The normalized spacial score (nSPS) is 23.4. The van der Waals surface area contributed by atoms with E-state index in [4.69, 9.17) is 0 Å². The first-order valence-corrected chi connectivity index (χ1v) is 9.51. The third-order valence-electron chi connectivity index (χ3n) is 4.63. The lowest BCUT2D eigenvalue weighted by Crippen LogP contribution is -2.47. The molecule has 2 N–H and O–H groups in total. The summed E-state index contributed by atoms with van der Waals surface area (Å²) in [5.74, 6) is 1.17. The van der Waals surface area contributed by atoms with E-state index in [0.717, 1.165) is 25.9 Å². The first-order chi connectivity index (χ1) is 9.62. The Bertz CT molecular complexity index is 372. The molecule has 1 heterocycles. The highest BCUT2D eigenvalue weighted by molar-refractivity contribution is 7.87. The zero-order valence-corrected chi connectivity index (χ0v) is 13.4. The summed E-state index contributed by atoms with van der Waals surface area (Å²) in [4.78, 5) is 0. The van der Waals surface area contributed by atoms with E-state index in [0.29, 0.717) is 31.5 Å². The molecule has 118 valence electrons. The van der Waals surface area contributed by atoms with E-state index in [1.54, 1.807) is 4.31 Å². The number of rotatable bonds is 7. The molecule has 2 fully saturated rings. The molecule has 0 aromatic heterocycles. The maximum atomic E-state index is 12.3. The molecule has 1 saturated carbocycles. The molecular weight excluding hydrogens is 274 g/mol. The lowest BCUT2D eigenvalue weighted by molar-refractivity contribution is 0.265. The smallest absolute Gasteiger partial charge is 0.279 e. The van der Waals surface area contributed by atoms with E-state index in [2.05, 4.69) is 17.0 Å². The van der Waals surface area contributed by atoms with Crippen molar-refractivity contribution in [3.05, 3.63) is 0 Å².